The van der Waals surface area contributed by atoms with Gasteiger partial charge in [0, 0.05) is 29.7 Å². The van der Waals surface area contributed by atoms with E-state index < -0.39 is 0 Å². The summed E-state index contributed by atoms with van der Waals surface area (Å²) in [6.45, 7) is 7.14. The average Bonchev–Trinajstić information content (AvgIpc) is 3.50. The second kappa shape index (κ2) is 10.4. The first-order valence-corrected chi connectivity index (χ1v) is 15.4. The third-order valence-corrected chi connectivity index (χ3v) is 9.87. The Hall–Kier alpha value is -2.68. The number of hydrogen-bond acceptors (Lipinski definition) is 6. The molecule has 206 valence electrons. The Kier molecular flexibility index (Phi) is 7.06. The van der Waals surface area contributed by atoms with E-state index in [1.165, 1.54) is 12.0 Å². The molecule has 1 saturated heterocycles. The molecule has 1 amide bonds. The minimum Gasteiger partial charge on any atom is -0.394 e. The van der Waals surface area contributed by atoms with Gasteiger partial charge in [0.2, 0.25) is 0 Å². The molecule has 3 aromatic rings. The van der Waals surface area contributed by atoms with Crippen molar-refractivity contribution in [2.24, 2.45) is 18.9 Å². The molecule has 0 spiro atoms. The number of amides is 1. The van der Waals surface area contributed by atoms with Crippen LogP contribution in [0.3, 0.4) is 0 Å². The van der Waals surface area contributed by atoms with Gasteiger partial charge in [-0.2, -0.15) is 5.10 Å². The summed E-state index contributed by atoms with van der Waals surface area (Å²) in [4.78, 5) is 24.0. The highest BCUT2D eigenvalue weighted by Gasteiger charge is 2.48. The molecule has 2 aromatic carbocycles. The van der Waals surface area contributed by atoms with Crippen LogP contribution < -0.4 is 4.90 Å². The predicted molar refractivity (Wildman–Crippen MR) is 155 cm³/mol. The van der Waals surface area contributed by atoms with Crippen LogP contribution in [0.2, 0.25) is 0 Å². The number of thioether (sulfide) groups is 1. The maximum Gasteiger partial charge on any atom is 0.258 e. The van der Waals surface area contributed by atoms with Gasteiger partial charge in [0.15, 0.2) is 5.82 Å². The largest absolute Gasteiger partial charge is 0.394 e. The van der Waals surface area contributed by atoms with Gasteiger partial charge in [-0.1, -0.05) is 26.0 Å². The second-order valence-corrected chi connectivity index (χ2v) is 12.8. The van der Waals surface area contributed by atoms with E-state index in [9.17, 15) is 9.90 Å². The minimum absolute atomic E-state index is 0.0370. The molecule has 2 fully saturated rings. The summed E-state index contributed by atoms with van der Waals surface area (Å²) in [7, 11) is 1.91. The van der Waals surface area contributed by atoms with Crippen LogP contribution in [0.4, 0.5) is 5.69 Å². The molecule has 1 saturated carbocycles. The lowest BCUT2D eigenvalue weighted by Crippen LogP contribution is -2.42. The lowest BCUT2D eigenvalue weighted by molar-refractivity contribution is 0.0836. The number of benzene rings is 2. The fourth-order valence-electron chi connectivity index (χ4n) is 7.13. The fourth-order valence-corrected chi connectivity index (χ4v) is 7.80. The van der Waals surface area contributed by atoms with Crippen LogP contribution in [0, 0.1) is 11.8 Å². The van der Waals surface area contributed by atoms with Gasteiger partial charge in [0.1, 0.15) is 6.33 Å². The Bertz CT molecular complexity index is 1380. The molecule has 3 aliphatic rings. The standard InChI is InChI=1S/C31H39N5O2S/c1-20-7-6-10-35(16-20)27(18-37)22-11-25-26(28(12-22)39-4)17-36(29(25)38)24-9-5-8-23(13-24)31(14-21(2)15-31)30-32-19-34(3)33-30/h5,8-9,11-13,19-21,27,37H,6-7,10,14-18H2,1-4H3/t20-,21?,27?,31?/m0/s1. The van der Waals surface area contributed by atoms with Crippen molar-refractivity contribution in [1.82, 2.24) is 19.7 Å². The van der Waals surface area contributed by atoms with E-state index in [1.54, 1.807) is 22.8 Å². The van der Waals surface area contributed by atoms with Crippen LogP contribution in [0.15, 0.2) is 47.6 Å². The molecule has 3 heterocycles. The summed E-state index contributed by atoms with van der Waals surface area (Å²) in [5.74, 6) is 2.14. The monoisotopic (exact) mass is 545 g/mol. The van der Waals surface area contributed by atoms with E-state index in [0.717, 1.165) is 65.4 Å². The number of hydrogen-bond donors (Lipinski definition) is 1. The first-order chi connectivity index (χ1) is 18.8. The number of rotatable bonds is 7. The number of carbonyl (C=O) groups excluding carboxylic acids is 1. The lowest BCUT2D eigenvalue weighted by Gasteiger charge is -2.45. The molecular formula is C31H39N5O2S. The molecule has 1 aromatic heterocycles. The summed E-state index contributed by atoms with van der Waals surface area (Å²) in [6.07, 6.45) is 8.24. The number of aromatic nitrogens is 3. The maximum atomic E-state index is 13.9. The third kappa shape index (κ3) is 4.60. The van der Waals surface area contributed by atoms with Crippen LogP contribution in [0.25, 0.3) is 0 Å². The van der Waals surface area contributed by atoms with Gasteiger partial charge < -0.3 is 10.0 Å². The second-order valence-electron chi connectivity index (χ2n) is 12.0. The minimum atomic E-state index is -0.205. The highest BCUT2D eigenvalue weighted by molar-refractivity contribution is 7.98. The summed E-state index contributed by atoms with van der Waals surface area (Å²) in [5, 5.41) is 15.1. The van der Waals surface area contributed by atoms with Crippen molar-refractivity contribution in [3.63, 3.8) is 0 Å². The zero-order valence-electron chi connectivity index (χ0n) is 23.4. The van der Waals surface area contributed by atoms with Gasteiger partial charge >= 0.3 is 0 Å². The molecule has 0 radical (unpaired) electrons. The number of aliphatic hydroxyl groups excluding tert-OH is 1. The van der Waals surface area contributed by atoms with Crippen LogP contribution in [0.5, 0.6) is 0 Å². The molecular weight excluding hydrogens is 506 g/mol. The third-order valence-electron chi connectivity index (χ3n) is 9.06. The van der Waals surface area contributed by atoms with Gasteiger partial charge in [-0.25, -0.2) is 4.98 Å². The zero-order chi connectivity index (χ0) is 27.3. The highest BCUT2D eigenvalue weighted by atomic mass is 32.2. The Balaban J connectivity index is 1.33. The smallest absolute Gasteiger partial charge is 0.258 e. The lowest BCUT2D eigenvalue weighted by atomic mass is 9.58. The van der Waals surface area contributed by atoms with Crippen LogP contribution in [-0.2, 0) is 19.0 Å². The predicted octanol–water partition coefficient (Wildman–Crippen LogP) is 5.18. The Labute approximate surface area is 235 Å². The van der Waals surface area contributed by atoms with Gasteiger partial charge in [-0.3, -0.25) is 14.4 Å². The first-order valence-electron chi connectivity index (χ1n) is 14.2. The van der Waals surface area contributed by atoms with Crippen LogP contribution in [0.1, 0.15) is 78.4 Å². The Morgan fingerprint density at radius 3 is 2.67 bits per heavy atom. The summed E-state index contributed by atoms with van der Waals surface area (Å²) in [5.41, 5.74) is 4.79. The first kappa shape index (κ1) is 26.5. The molecule has 1 unspecified atom stereocenters. The number of nitrogens with zero attached hydrogens (tertiary/aromatic N) is 5. The van der Waals surface area contributed by atoms with Crippen molar-refractivity contribution in [2.45, 2.75) is 62.4 Å². The number of piperidine rings is 1. The van der Waals surface area contributed by atoms with E-state index in [0.29, 0.717) is 18.4 Å². The van der Waals surface area contributed by atoms with E-state index in [2.05, 4.69) is 59.4 Å². The van der Waals surface area contributed by atoms with E-state index in [4.69, 9.17) is 0 Å². The van der Waals surface area contributed by atoms with Crippen LogP contribution in [-0.4, -0.2) is 56.6 Å². The van der Waals surface area contributed by atoms with E-state index in [-0.39, 0.29) is 24.0 Å². The van der Waals surface area contributed by atoms with Crippen molar-refractivity contribution < 1.29 is 9.90 Å². The fraction of sp³-hybridized carbons (Fsp3) is 0.516. The molecule has 8 heteroatoms. The molecule has 39 heavy (non-hydrogen) atoms. The Morgan fingerprint density at radius 1 is 1.18 bits per heavy atom. The molecule has 1 N–H and O–H groups in total. The maximum absolute atomic E-state index is 13.9. The van der Waals surface area contributed by atoms with Crippen LogP contribution >= 0.6 is 11.8 Å². The zero-order valence-corrected chi connectivity index (χ0v) is 24.2. The van der Waals surface area contributed by atoms with Crippen molar-refractivity contribution in [2.75, 3.05) is 30.9 Å². The topological polar surface area (TPSA) is 74.5 Å². The summed E-state index contributed by atoms with van der Waals surface area (Å²) >= 11 is 1.68. The number of carbonyl (C=O) groups is 1. The normalized spacial score (nSPS) is 26.0. The molecule has 2 aliphatic heterocycles. The van der Waals surface area contributed by atoms with Gasteiger partial charge in [0.05, 0.1) is 24.6 Å². The Morgan fingerprint density at radius 2 is 2.00 bits per heavy atom. The number of aliphatic hydroxyl groups is 1. The van der Waals surface area contributed by atoms with Gasteiger partial charge in [0.25, 0.3) is 5.91 Å². The van der Waals surface area contributed by atoms with Crippen molar-refractivity contribution in [1.29, 1.82) is 0 Å². The number of likely N-dealkylation sites (tertiary alicyclic amines) is 1. The number of anilines is 1. The van der Waals surface area contributed by atoms with Crippen molar-refractivity contribution in [3.05, 3.63) is 70.8 Å². The molecule has 7 nitrogen and oxygen atoms in total. The molecule has 2 atom stereocenters. The summed E-state index contributed by atoms with van der Waals surface area (Å²) in [6, 6.07) is 12.6. The average molecular weight is 546 g/mol. The van der Waals surface area contributed by atoms with E-state index in [1.807, 2.05) is 24.1 Å². The van der Waals surface area contributed by atoms with Gasteiger partial charge in [-0.15, -0.1) is 11.8 Å². The van der Waals surface area contributed by atoms with Crippen molar-refractivity contribution >= 4 is 23.4 Å². The van der Waals surface area contributed by atoms with Crippen molar-refractivity contribution in [3.8, 4) is 0 Å². The molecule has 0 bridgehead atoms. The molecule has 1 aliphatic carbocycles. The highest BCUT2D eigenvalue weighted by Crippen LogP contribution is 2.51. The number of fused-ring (bicyclic) bond motifs is 1. The van der Waals surface area contributed by atoms with E-state index >= 15 is 0 Å². The quantitative estimate of drug-likeness (QED) is 0.413. The SMILES string of the molecule is CSc1cc(C(CO)N2CCC[C@H](C)C2)cc2c1CN(c1cccc(C3(c4ncn(C)n4)CC(C)C3)c1)C2=O. The number of aryl methyl sites for hydroxylation is 1. The molecule has 6 rings (SSSR count). The summed E-state index contributed by atoms with van der Waals surface area (Å²) < 4.78 is 1.77. The van der Waals surface area contributed by atoms with Gasteiger partial charge in [-0.05, 0) is 91.3 Å².